The number of anilines is 2. The van der Waals surface area contributed by atoms with Crippen LogP contribution in [0.1, 0.15) is 28.4 Å². The van der Waals surface area contributed by atoms with Crippen LogP contribution in [0.3, 0.4) is 0 Å². The zero-order valence-electron chi connectivity index (χ0n) is 12.5. The highest BCUT2D eigenvalue weighted by Crippen LogP contribution is 2.21. The number of benzene rings is 2. The summed E-state index contributed by atoms with van der Waals surface area (Å²) >= 11 is 0. The lowest BCUT2D eigenvalue weighted by atomic mass is 10.1. The molecule has 0 saturated heterocycles. The Hall–Kier alpha value is -2.36. The topological polar surface area (TPSA) is 41.1 Å². The highest BCUT2D eigenvalue weighted by molar-refractivity contribution is 6.08. The van der Waals surface area contributed by atoms with Crippen LogP contribution >= 0.6 is 0 Å². The molecule has 0 aliphatic carbocycles. The molecule has 0 spiro atoms. The molecule has 0 fully saturated rings. The zero-order chi connectivity index (χ0) is 15.4. The Labute approximate surface area is 124 Å². The monoisotopic (exact) mass is 286 g/mol. The number of amides is 1. The fourth-order valence-electron chi connectivity index (χ4n) is 2.11. The number of carbonyl (C=O) groups is 1. The van der Waals surface area contributed by atoms with Crippen molar-refractivity contribution in [3.05, 3.63) is 58.9 Å². The molecule has 0 aliphatic rings. The summed E-state index contributed by atoms with van der Waals surface area (Å²) in [6.07, 6.45) is 0. The molecule has 0 atom stereocenters. The smallest absolute Gasteiger partial charge is 0.257 e. The molecule has 1 amide bonds. The first-order valence-electron chi connectivity index (χ1n) is 6.93. The molecule has 2 aromatic rings. The summed E-state index contributed by atoms with van der Waals surface area (Å²) in [5.74, 6) is -0.615. The summed E-state index contributed by atoms with van der Waals surface area (Å²) in [4.78, 5) is 12.5. The van der Waals surface area contributed by atoms with Gasteiger partial charge in [-0.25, -0.2) is 4.39 Å². The second-order valence-electron chi connectivity index (χ2n) is 4.99. The van der Waals surface area contributed by atoms with Crippen molar-refractivity contribution < 1.29 is 9.18 Å². The van der Waals surface area contributed by atoms with Crippen molar-refractivity contribution in [3.8, 4) is 0 Å². The summed E-state index contributed by atoms with van der Waals surface area (Å²) in [6, 6.07) is 10.0. The van der Waals surface area contributed by atoms with Crippen molar-refractivity contribution >= 4 is 17.3 Å². The molecule has 4 heteroatoms. The number of hydrogen-bond acceptors (Lipinski definition) is 2. The first-order chi connectivity index (χ1) is 10.0. The molecule has 0 radical (unpaired) electrons. The van der Waals surface area contributed by atoms with Gasteiger partial charge in [0.15, 0.2) is 0 Å². The first-order valence-corrected chi connectivity index (χ1v) is 6.93. The number of hydrogen-bond donors (Lipinski definition) is 2. The van der Waals surface area contributed by atoms with Crippen LogP contribution in [0, 0.1) is 19.7 Å². The normalized spacial score (nSPS) is 10.3. The van der Waals surface area contributed by atoms with Crippen LogP contribution in [0.15, 0.2) is 36.4 Å². The van der Waals surface area contributed by atoms with E-state index in [4.69, 9.17) is 0 Å². The molecule has 0 heterocycles. The van der Waals surface area contributed by atoms with Crippen LogP contribution in [0.4, 0.5) is 15.8 Å². The van der Waals surface area contributed by atoms with Crippen molar-refractivity contribution in [2.45, 2.75) is 20.8 Å². The van der Waals surface area contributed by atoms with Gasteiger partial charge in [-0.05, 0) is 50.6 Å². The number of halogens is 1. The molecule has 3 nitrogen and oxygen atoms in total. The molecular weight excluding hydrogens is 267 g/mol. The highest BCUT2D eigenvalue weighted by atomic mass is 19.1. The van der Waals surface area contributed by atoms with Crippen molar-refractivity contribution in [1.29, 1.82) is 0 Å². The van der Waals surface area contributed by atoms with Crippen LogP contribution < -0.4 is 10.6 Å². The zero-order valence-corrected chi connectivity index (χ0v) is 12.5. The standard InChI is InChI=1S/C17H19FN2O/c1-4-19-15-8-5-11(2)9-14(15)17(21)20-16-10-13(18)7-6-12(16)3/h5-10,19H,4H2,1-3H3,(H,20,21). The van der Waals surface area contributed by atoms with E-state index in [-0.39, 0.29) is 11.7 Å². The van der Waals surface area contributed by atoms with Crippen molar-refractivity contribution in [2.24, 2.45) is 0 Å². The summed E-state index contributed by atoms with van der Waals surface area (Å²) in [5.41, 5.74) is 3.64. The van der Waals surface area contributed by atoms with E-state index in [1.807, 2.05) is 39.0 Å². The van der Waals surface area contributed by atoms with Crippen LogP contribution in [-0.4, -0.2) is 12.5 Å². The van der Waals surface area contributed by atoms with Gasteiger partial charge in [-0.3, -0.25) is 4.79 Å². The summed E-state index contributed by atoms with van der Waals surface area (Å²) in [6.45, 7) is 6.46. The lowest BCUT2D eigenvalue weighted by Gasteiger charge is -2.13. The van der Waals surface area contributed by atoms with Gasteiger partial charge in [-0.2, -0.15) is 0 Å². The molecule has 0 unspecified atom stereocenters. The van der Waals surface area contributed by atoms with Crippen LogP contribution in [-0.2, 0) is 0 Å². The largest absolute Gasteiger partial charge is 0.385 e. The Morgan fingerprint density at radius 2 is 1.86 bits per heavy atom. The minimum absolute atomic E-state index is 0.247. The van der Waals surface area contributed by atoms with Gasteiger partial charge in [0.1, 0.15) is 5.82 Å². The van der Waals surface area contributed by atoms with Gasteiger partial charge < -0.3 is 10.6 Å². The molecule has 21 heavy (non-hydrogen) atoms. The minimum Gasteiger partial charge on any atom is -0.385 e. The number of nitrogens with one attached hydrogen (secondary N) is 2. The predicted molar refractivity (Wildman–Crippen MR) is 84.4 cm³/mol. The van der Waals surface area contributed by atoms with Gasteiger partial charge in [-0.1, -0.05) is 17.7 Å². The summed E-state index contributed by atoms with van der Waals surface area (Å²) in [5, 5.41) is 5.94. The van der Waals surface area contributed by atoms with Crippen molar-refractivity contribution in [3.63, 3.8) is 0 Å². The quantitative estimate of drug-likeness (QED) is 0.887. The fourth-order valence-corrected chi connectivity index (χ4v) is 2.11. The van der Waals surface area contributed by atoms with Gasteiger partial charge in [0.2, 0.25) is 0 Å². The van der Waals surface area contributed by atoms with E-state index in [0.29, 0.717) is 11.3 Å². The third-order valence-electron chi connectivity index (χ3n) is 3.23. The van der Waals surface area contributed by atoms with Gasteiger partial charge in [-0.15, -0.1) is 0 Å². The number of carbonyl (C=O) groups excluding carboxylic acids is 1. The second-order valence-corrected chi connectivity index (χ2v) is 4.99. The molecule has 0 saturated carbocycles. The highest BCUT2D eigenvalue weighted by Gasteiger charge is 2.13. The molecule has 2 N–H and O–H groups in total. The number of aryl methyl sites for hydroxylation is 2. The SMILES string of the molecule is CCNc1ccc(C)cc1C(=O)Nc1cc(F)ccc1C. The van der Waals surface area contributed by atoms with Crippen LogP contribution in [0.5, 0.6) is 0 Å². The third kappa shape index (κ3) is 3.60. The Morgan fingerprint density at radius 3 is 2.57 bits per heavy atom. The van der Waals surface area contributed by atoms with E-state index in [2.05, 4.69) is 10.6 Å². The van der Waals surface area contributed by atoms with Crippen LogP contribution in [0.25, 0.3) is 0 Å². The van der Waals surface area contributed by atoms with Gasteiger partial charge in [0, 0.05) is 17.9 Å². The molecule has 0 aromatic heterocycles. The van der Waals surface area contributed by atoms with Crippen molar-refractivity contribution in [1.82, 2.24) is 0 Å². The van der Waals surface area contributed by atoms with E-state index in [1.165, 1.54) is 12.1 Å². The Kier molecular flexibility index (Phi) is 4.58. The fraction of sp³-hybridized carbons (Fsp3) is 0.235. The maximum absolute atomic E-state index is 13.3. The Bertz CT molecular complexity index is 668. The minimum atomic E-state index is -0.368. The predicted octanol–water partition coefficient (Wildman–Crippen LogP) is 4.13. The van der Waals surface area contributed by atoms with E-state index in [9.17, 15) is 9.18 Å². The molecule has 110 valence electrons. The third-order valence-corrected chi connectivity index (χ3v) is 3.23. The van der Waals surface area contributed by atoms with E-state index in [1.54, 1.807) is 6.07 Å². The first kappa shape index (κ1) is 15.0. The van der Waals surface area contributed by atoms with Gasteiger partial charge in [0.25, 0.3) is 5.91 Å². The average molecular weight is 286 g/mol. The molecule has 0 bridgehead atoms. The molecule has 2 rings (SSSR count). The molecule has 0 aliphatic heterocycles. The van der Waals surface area contributed by atoms with Crippen molar-refractivity contribution in [2.75, 3.05) is 17.2 Å². The van der Waals surface area contributed by atoms with Crippen LogP contribution in [0.2, 0.25) is 0 Å². The lowest BCUT2D eigenvalue weighted by molar-refractivity contribution is 0.102. The van der Waals surface area contributed by atoms with E-state index in [0.717, 1.165) is 23.4 Å². The molecule has 2 aromatic carbocycles. The second kappa shape index (κ2) is 6.39. The van der Waals surface area contributed by atoms with E-state index >= 15 is 0 Å². The van der Waals surface area contributed by atoms with Gasteiger partial charge in [0.05, 0.1) is 5.56 Å². The lowest BCUT2D eigenvalue weighted by Crippen LogP contribution is -2.16. The van der Waals surface area contributed by atoms with E-state index < -0.39 is 0 Å². The Morgan fingerprint density at radius 1 is 1.10 bits per heavy atom. The maximum atomic E-state index is 13.3. The molecular formula is C17H19FN2O. The maximum Gasteiger partial charge on any atom is 0.257 e. The average Bonchev–Trinajstić information content (AvgIpc) is 2.45. The number of rotatable bonds is 4. The van der Waals surface area contributed by atoms with Gasteiger partial charge >= 0.3 is 0 Å². The summed E-state index contributed by atoms with van der Waals surface area (Å²) in [7, 11) is 0. The summed E-state index contributed by atoms with van der Waals surface area (Å²) < 4.78 is 13.3. The Balaban J connectivity index is 2.31.